The van der Waals surface area contributed by atoms with Crippen LogP contribution in [0.15, 0.2) is 34.3 Å². The lowest BCUT2D eigenvalue weighted by molar-refractivity contribution is 0.0606. The number of esters is 1. The Morgan fingerprint density at radius 1 is 1.24 bits per heavy atom. The minimum absolute atomic E-state index is 0.116. The number of hydrogen-bond donors (Lipinski definition) is 1. The summed E-state index contributed by atoms with van der Waals surface area (Å²) in [4.78, 5) is 28.2. The minimum Gasteiger partial charge on any atom is -0.465 e. The first kappa shape index (κ1) is 17.4. The molecule has 2 aromatic rings. The van der Waals surface area contributed by atoms with E-state index in [0.29, 0.717) is 47.6 Å². The molecular formula is C16H17N3O4S2. The number of rotatable bonds is 3. The maximum absolute atomic E-state index is 12.3. The summed E-state index contributed by atoms with van der Waals surface area (Å²) in [7, 11) is 1.35. The Hall–Kier alpha value is -2.39. The van der Waals surface area contributed by atoms with Crippen molar-refractivity contribution in [2.45, 2.75) is 0 Å². The molecule has 0 saturated carbocycles. The molecule has 3 rings (SSSR count). The van der Waals surface area contributed by atoms with Crippen LogP contribution in [0.5, 0.6) is 0 Å². The normalized spacial score (nSPS) is 14.3. The second-order valence-electron chi connectivity index (χ2n) is 5.34. The summed E-state index contributed by atoms with van der Waals surface area (Å²) in [5.41, 5.74) is 0.635. The number of nitrogens with zero attached hydrogens (tertiary/aromatic N) is 2. The van der Waals surface area contributed by atoms with Crippen LogP contribution in [0.4, 0.5) is 5.69 Å². The summed E-state index contributed by atoms with van der Waals surface area (Å²) in [6.45, 7) is 2.32. The fourth-order valence-electron chi connectivity index (χ4n) is 2.52. The molecule has 0 radical (unpaired) electrons. The Kier molecular flexibility index (Phi) is 5.34. The van der Waals surface area contributed by atoms with E-state index in [1.54, 1.807) is 28.5 Å². The van der Waals surface area contributed by atoms with Crippen molar-refractivity contribution in [1.82, 2.24) is 9.80 Å². The number of thiocarbonyl (C=S) groups is 1. The van der Waals surface area contributed by atoms with Crippen LogP contribution >= 0.6 is 23.6 Å². The number of thiophene rings is 1. The first-order valence-electron chi connectivity index (χ1n) is 7.64. The van der Waals surface area contributed by atoms with E-state index >= 15 is 0 Å². The Morgan fingerprint density at radius 2 is 1.96 bits per heavy atom. The molecule has 0 bridgehead atoms. The standard InChI is InChI=1S/C16H17N3O4S2/c1-22-15(21)13-11(4-10-25-13)17-16(24)19-7-5-18(6-8-19)14(20)12-3-2-9-23-12/h2-4,9-10H,5-8H2,1H3,(H,17,24). The van der Waals surface area contributed by atoms with Gasteiger partial charge >= 0.3 is 5.97 Å². The molecule has 3 heterocycles. The number of amides is 1. The summed E-state index contributed by atoms with van der Waals surface area (Å²) in [6.07, 6.45) is 1.49. The fraction of sp³-hybridized carbons (Fsp3) is 0.312. The van der Waals surface area contributed by atoms with Gasteiger partial charge in [-0.2, -0.15) is 0 Å². The smallest absolute Gasteiger partial charge is 0.350 e. The summed E-state index contributed by atoms with van der Waals surface area (Å²) < 4.78 is 9.91. The maximum Gasteiger partial charge on any atom is 0.350 e. The topological polar surface area (TPSA) is 75.0 Å². The van der Waals surface area contributed by atoms with E-state index < -0.39 is 5.97 Å². The van der Waals surface area contributed by atoms with E-state index in [2.05, 4.69) is 5.32 Å². The number of nitrogens with one attached hydrogen (secondary N) is 1. The zero-order chi connectivity index (χ0) is 17.8. The fourth-order valence-corrected chi connectivity index (χ4v) is 3.58. The van der Waals surface area contributed by atoms with Crippen LogP contribution in [-0.2, 0) is 4.74 Å². The van der Waals surface area contributed by atoms with E-state index in [9.17, 15) is 9.59 Å². The molecule has 1 aliphatic heterocycles. The van der Waals surface area contributed by atoms with Crippen LogP contribution < -0.4 is 5.32 Å². The number of furan rings is 1. The van der Waals surface area contributed by atoms with Gasteiger partial charge in [0.2, 0.25) is 0 Å². The summed E-state index contributed by atoms with van der Waals surface area (Å²) in [5.74, 6) is -0.168. The molecule has 25 heavy (non-hydrogen) atoms. The number of carbonyl (C=O) groups excluding carboxylic acids is 2. The lowest BCUT2D eigenvalue weighted by Crippen LogP contribution is -2.51. The molecule has 0 aliphatic carbocycles. The predicted octanol–water partition coefficient (Wildman–Crippen LogP) is 2.28. The van der Waals surface area contributed by atoms with Crippen molar-refractivity contribution >= 4 is 46.2 Å². The van der Waals surface area contributed by atoms with Gasteiger partial charge in [0.15, 0.2) is 10.9 Å². The number of hydrogen-bond acceptors (Lipinski definition) is 6. The third kappa shape index (κ3) is 3.83. The zero-order valence-electron chi connectivity index (χ0n) is 13.6. The quantitative estimate of drug-likeness (QED) is 0.648. The molecule has 7 nitrogen and oxygen atoms in total. The number of methoxy groups -OCH3 is 1. The average molecular weight is 379 g/mol. The van der Waals surface area contributed by atoms with Crippen LogP contribution in [0.25, 0.3) is 0 Å². The highest BCUT2D eigenvalue weighted by Gasteiger charge is 2.25. The van der Waals surface area contributed by atoms with Gasteiger partial charge in [0.05, 0.1) is 19.1 Å². The molecule has 9 heteroatoms. The predicted molar refractivity (Wildman–Crippen MR) is 98.1 cm³/mol. The van der Waals surface area contributed by atoms with Crippen molar-refractivity contribution in [3.63, 3.8) is 0 Å². The van der Waals surface area contributed by atoms with Crippen LogP contribution in [0.3, 0.4) is 0 Å². The summed E-state index contributed by atoms with van der Waals surface area (Å²) in [5, 5.41) is 5.42. The van der Waals surface area contributed by atoms with Crippen LogP contribution in [0.2, 0.25) is 0 Å². The van der Waals surface area contributed by atoms with Crippen molar-refractivity contribution in [3.8, 4) is 0 Å². The van der Waals surface area contributed by atoms with Gasteiger partial charge < -0.3 is 24.3 Å². The Balaban J connectivity index is 1.56. The van der Waals surface area contributed by atoms with Gasteiger partial charge in [0.1, 0.15) is 4.88 Å². The molecule has 0 unspecified atom stereocenters. The first-order chi connectivity index (χ1) is 12.1. The molecule has 0 aromatic carbocycles. The van der Waals surface area contributed by atoms with Crippen molar-refractivity contribution in [2.24, 2.45) is 0 Å². The average Bonchev–Trinajstić information content (AvgIpc) is 3.32. The summed E-state index contributed by atoms with van der Waals surface area (Å²) >= 11 is 6.73. The van der Waals surface area contributed by atoms with Crippen molar-refractivity contribution in [3.05, 3.63) is 40.5 Å². The molecule has 2 aromatic heterocycles. The molecule has 1 aliphatic rings. The van der Waals surface area contributed by atoms with Gasteiger partial charge in [-0.3, -0.25) is 4.79 Å². The first-order valence-corrected chi connectivity index (χ1v) is 8.93. The monoisotopic (exact) mass is 379 g/mol. The van der Waals surface area contributed by atoms with E-state index in [1.165, 1.54) is 24.7 Å². The zero-order valence-corrected chi connectivity index (χ0v) is 15.2. The lowest BCUT2D eigenvalue weighted by Gasteiger charge is -2.35. The van der Waals surface area contributed by atoms with Crippen molar-refractivity contribution in [1.29, 1.82) is 0 Å². The second kappa shape index (κ2) is 7.66. The second-order valence-corrected chi connectivity index (χ2v) is 6.64. The molecule has 1 N–H and O–H groups in total. The highest BCUT2D eigenvalue weighted by atomic mass is 32.1. The van der Waals surface area contributed by atoms with Gasteiger partial charge in [-0.1, -0.05) is 0 Å². The highest BCUT2D eigenvalue weighted by molar-refractivity contribution is 7.80. The molecule has 1 fully saturated rings. The van der Waals surface area contributed by atoms with Gasteiger partial charge in [0.25, 0.3) is 5.91 Å². The van der Waals surface area contributed by atoms with E-state index in [4.69, 9.17) is 21.4 Å². The molecular weight excluding hydrogens is 362 g/mol. The lowest BCUT2D eigenvalue weighted by atomic mass is 10.3. The van der Waals surface area contributed by atoms with Crippen LogP contribution in [-0.4, -0.2) is 60.1 Å². The Morgan fingerprint density at radius 3 is 2.60 bits per heavy atom. The SMILES string of the molecule is COC(=O)c1sccc1NC(=S)N1CCN(C(=O)c2ccco2)CC1. The van der Waals surface area contributed by atoms with Gasteiger partial charge in [-0.05, 0) is 35.8 Å². The van der Waals surface area contributed by atoms with E-state index in [1.807, 2.05) is 4.90 Å². The van der Waals surface area contributed by atoms with Crippen LogP contribution in [0.1, 0.15) is 20.2 Å². The number of piperazine rings is 1. The third-order valence-corrected chi connectivity index (χ3v) is 5.12. The Bertz CT molecular complexity index is 764. The molecule has 1 saturated heterocycles. The van der Waals surface area contributed by atoms with Crippen LogP contribution in [0, 0.1) is 0 Å². The largest absolute Gasteiger partial charge is 0.465 e. The van der Waals surface area contributed by atoms with E-state index in [0.717, 1.165) is 0 Å². The third-order valence-electron chi connectivity index (χ3n) is 3.86. The minimum atomic E-state index is -0.394. The maximum atomic E-state index is 12.3. The molecule has 132 valence electrons. The number of ether oxygens (including phenoxy) is 1. The van der Waals surface area contributed by atoms with Gasteiger partial charge in [-0.25, -0.2) is 4.79 Å². The highest BCUT2D eigenvalue weighted by Crippen LogP contribution is 2.23. The number of anilines is 1. The van der Waals surface area contributed by atoms with Gasteiger partial charge in [-0.15, -0.1) is 11.3 Å². The summed E-state index contributed by atoms with van der Waals surface area (Å²) in [6, 6.07) is 5.15. The van der Waals surface area contributed by atoms with Crippen molar-refractivity contribution in [2.75, 3.05) is 38.6 Å². The Labute approximate surface area is 154 Å². The van der Waals surface area contributed by atoms with E-state index in [-0.39, 0.29) is 5.91 Å². The van der Waals surface area contributed by atoms with Gasteiger partial charge in [0, 0.05) is 26.2 Å². The van der Waals surface area contributed by atoms with Crippen molar-refractivity contribution < 1.29 is 18.7 Å². The number of carbonyl (C=O) groups is 2. The molecule has 0 atom stereocenters. The molecule has 1 amide bonds. The molecule has 0 spiro atoms.